The average Bonchev–Trinajstić information content (AvgIpc) is 2.40. The number of ether oxygens (including phenoxy) is 1. The minimum absolute atomic E-state index is 0.0229. The van der Waals surface area contributed by atoms with Gasteiger partial charge < -0.3 is 10.1 Å². The van der Waals surface area contributed by atoms with Crippen molar-refractivity contribution in [3.05, 3.63) is 11.8 Å². The normalized spacial score (nSPS) is 30.4. The molecule has 0 radical (unpaired) electrons. The minimum Gasteiger partial charge on any atom is -0.497 e. The zero-order chi connectivity index (χ0) is 13.9. The van der Waals surface area contributed by atoms with Crippen molar-refractivity contribution in [2.45, 2.75) is 50.7 Å². The summed E-state index contributed by atoms with van der Waals surface area (Å²) >= 11 is 0. The van der Waals surface area contributed by atoms with Crippen LogP contribution in [0.2, 0.25) is 0 Å². The maximum atomic E-state index is 12.9. The van der Waals surface area contributed by atoms with Crippen molar-refractivity contribution < 1.29 is 17.9 Å². The van der Waals surface area contributed by atoms with Gasteiger partial charge in [0.1, 0.15) is 5.76 Å². The van der Waals surface area contributed by atoms with Crippen LogP contribution in [0.5, 0.6) is 0 Å². The third kappa shape index (κ3) is 3.65. The van der Waals surface area contributed by atoms with Gasteiger partial charge in [-0.25, -0.2) is 0 Å². The van der Waals surface area contributed by atoms with Crippen LogP contribution in [0, 0.1) is 11.8 Å². The lowest BCUT2D eigenvalue weighted by molar-refractivity contribution is -0.186. The molecule has 2 rings (SSSR count). The van der Waals surface area contributed by atoms with Crippen molar-refractivity contribution in [2.24, 2.45) is 11.8 Å². The summed E-state index contributed by atoms with van der Waals surface area (Å²) in [6.07, 6.45) is 1.92. The highest BCUT2D eigenvalue weighted by atomic mass is 19.4. The molecular formula is C14H22F3NO. The van der Waals surface area contributed by atoms with Crippen LogP contribution in [-0.4, -0.2) is 25.9 Å². The van der Waals surface area contributed by atoms with Crippen molar-refractivity contribution in [3.63, 3.8) is 0 Å². The minimum atomic E-state index is -4.06. The highest BCUT2D eigenvalue weighted by Crippen LogP contribution is 2.42. The number of rotatable bonds is 3. The maximum Gasteiger partial charge on any atom is 0.391 e. The molecule has 0 aromatic heterocycles. The molecule has 0 amide bonds. The SMILES string of the molecule is CNC(C1=CCCCO1)C1CCCC(C(F)(F)F)C1. The molecule has 0 bridgehead atoms. The Bertz CT molecular complexity index is 327. The molecule has 1 saturated carbocycles. The van der Waals surface area contributed by atoms with Crippen LogP contribution >= 0.6 is 0 Å². The van der Waals surface area contributed by atoms with Crippen LogP contribution in [0.4, 0.5) is 13.2 Å². The first-order chi connectivity index (χ1) is 9.02. The van der Waals surface area contributed by atoms with Gasteiger partial charge in [-0.3, -0.25) is 0 Å². The number of hydrogen-bond acceptors (Lipinski definition) is 2. The fraction of sp³-hybridized carbons (Fsp3) is 0.857. The van der Waals surface area contributed by atoms with Crippen molar-refractivity contribution in [1.82, 2.24) is 5.32 Å². The summed E-state index contributed by atoms with van der Waals surface area (Å²) < 4.78 is 44.2. The Labute approximate surface area is 112 Å². The monoisotopic (exact) mass is 277 g/mol. The molecular weight excluding hydrogens is 255 g/mol. The van der Waals surface area contributed by atoms with Gasteiger partial charge in [-0.1, -0.05) is 6.42 Å². The molecule has 1 aliphatic heterocycles. The summed E-state index contributed by atoms with van der Waals surface area (Å²) in [6.45, 7) is 0.680. The molecule has 0 saturated heterocycles. The van der Waals surface area contributed by atoms with E-state index in [0.29, 0.717) is 13.0 Å². The van der Waals surface area contributed by atoms with Gasteiger partial charge in [0.25, 0.3) is 0 Å². The second kappa shape index (κ2) is 6.16. The third-order valence-corrected chi connectivity index (χ3v) is 4.23. The Balaban J connectivity index is 2.04. The fourth-order valence-electron chi connectivity index (χ4n) is 3.23. The van der Waals surface area contributed by atoms with Crippen LogP contribution in [0.15, 0.2) is 11.8 Å². The van der Waals surface area contributed by atoms with Gasteiger partial charge in [0.2, 0.25) is 0 Å². The van der Waals surface area contributed by atoms with E-state index in [1.54, 1.807) is 7.05 Å². The van der Waals surface area contributed by atoms with Crippen molar-refractivity contribution in [2.75, 3.05) is 13.7 Å². The van der Waals surface area contributed by atoms with E-state index in [2.05, 4.69) is 5.32 Å². The molecule has 3 unspecified atom stereocenters. The van der Waals surface area contributed by atoms with Crippen LogP contribution in [-0.2, 0) is 4.74 Å². The lowest BCUT2D eigenvalue weighted by Gasteiger charge is -2.36. The largest absolute Gasteiger partial charge is 0.497 e. The molecule has 2 nitrogen and oxygen atoms in total. The Kier molecular flexibility index (Phi) is 4.76. The molecule has 0 aromatic carbocycles. The molecule has 1 heterocycles. The number of allylic oxidation sites excluding steroid dienone is 1. The average molecular weight is 277 g/mol. The predicted octanol–water partition coefficient (Wildman–Crippen LogP) is 3.64. The molecule has 110 valence electrons. The van der Waals surface area contributed by atoms with E-state index < -0.39 is 12.1 Å². The molecule has 0 spiro atoms. The second-order valence-electron chi connectivity index (χ2n) is 5.53. The van der Waals surface area contributed by atoms with E-state index in [0.717, 1.165) is 25.0 Å². The first-order valence-electron chi connectivity index (χ1n) is 7.09. The van der Waals surface area contributed by atoms with Gasteiger partial charge in [0, 0.05) is 0 Å². The standard InChI is InChI=1S/C14H22F3NO/c1-18-13(12-7-2-3-8-19-12)10-5-4-6-11(9-10)14(15,16)17/h7,10-11,13,18H,2-6,8-9H2,1H3. The van der Waals surface area contributed by atoms with Crippen molar-refractivity contribution >= 4 is 0 Å². The number of hydrogen-bond donors (Lipinski definition) is 1. The van der Waals surface area contributed by atoms with Gasteiger partial charge in [-0.05, 0) is 51.1 Å². The van der Waals surface area contributed by atoms with E-state index in [4.69, 9.17) is 4.74 Å². The number of alkyl halides is 3. The van der Waals surface area contributed by atoms with Gasteiger partial charge >= 0.3 is 6.18 Å². The Morgan fingerprint density at radius 3 is 2.68 bits per heavy atom. The molecule has 1 N–H and O–H groups in total. The Morgan fingerprint density at radius 1 is 1.32 bits per heavy atom. The first kappa shape index (κ1) is 14.7. The van der Waals surface area contributed by atoms with E-state index in [1.165, 1.54) is 0 Å². The van der Waals surface area contributed by atoms with Crippen LogP contribution in [0.1, 0.15) is 38.5 Å². The maximum absolute atomic E-state index is 12.9. The molecule has 3 atom stereocenters. The summed E-state index contributed by atoms with van der Waals surface area (Å²) in [5, 5.41) is 3.15. The highest BCUT2D eigenvalue weighted by molar-refractivity contribution is 5.08. The van der Waals surface area contributed by atoms with Crippen LogP contribution in [0.25, 0.3) is 0 Å². The van der Waals surface area contributed by atoms with E-state index >= 15 is 0 Å². The quantitative estimate of drug-likeness (QED) is 0.850. The number of likely N-dealkylation sites (N-methyl/N-ethyl adjacent to an activating group) is 1. The van der Waals surface area contributed by atoms with Gasteiger partial charge in [-0.15, -0.1) is 0 Å². The third-order valence-electron chi connectivity index (χ3n) is 4.23. The fourth-order valence-corrected chi connectivity index (χ4v) is 3.23. The summed E-state index contributed by atoms with van der Waals surface area (Å²) in [5.41, 5.74) is 0. The van der Waals surface area contributed by atoms with Crippen molar-refractivity contribution in [1.29, 1.82) is 0 Å². The summed E-state index contributed by atoms with van der Waals surface area (Å²) in [7, 11) is 1.81. The highest BCUT2D eigenvalue weighted by Gasteiger charge is 2.44. The van der Waals surface area contributed by atoms with E-state index in [-0.39, 0.29) is 24.8 Å². The van der Waals surface area contributed by atoms with Crippen molar-refractivity contribution in [3.8, 4) is 0 Å². The van der Waals surface area contributed by atoms with Gasteiger partial charge in [0.15, 0.2) is 0 Å². The van der Waals surface area contributed by atoms with E-state index in [9.17, 15) is 13.2 Å². The Morgan fingerprint density at radius 2 is 2.11 bits per heavy atom. The molecule has 0 aromatic rings. The zero-order valence-corrected chi connectivity index (χ0v) is 11.3. The Hall–Kier alpha value is -0.710. The summed E-state index contributed by atoms with van der Waals surface area (Å²) in [4.78, 5) is 0. The molecule has 1 aliphatic carbocycles. The van der Waals surface area contributed by atoms with Crippen LogP contribution < -0.4 is 5.32 Å². The smallest absolute Gasteiger partial charge is 0.391 e. The van der Waals surface area contributed by atoms with Gasteiger partial charge in [-0.2, -0.15) is 13.2 Å². The molecule has 5 heteroatoms. The molecule has 1 fully saturated rings. The van der Waals surface area contributed by atoms with Crippen LogP contribution in [0.3, 0.4) is 0 Å². The number of halogens is 3. The summed E-state index contributed by atoms with van der Waals surface area (Å²) in [5.74, 6) is -0.275. The lowest BCUT2D eigenvalue weighted by atomic mass is 9.76. The molecule has 2 aliphatic rings. The first-order valence-corrected chi connectivity index (χ1v) is 7.09. The topological polar surface area (TPSA) is 21.3 Å². The van der Waals surface area contributed by atoms with E-state index in [1.807, 2.05) is 6.08 Å². The lowest BCUT2D eigenvalue weighted by Crippen LogP contribution is -2.41. The second-order valence-corrected chi connectivity index (χ2v) is 5.53. The predicted molar refractivity (Wildman–Crippen MR) is 67.6 cm³/mol. The van der Waals surface area contributed by atoms with Gasteiger partial charge in [0.05, 0.1) is 18.6 Å². The number of nitrogens with one attached hydrogen (secondary N) is 1. The summed E-state index contributed by atoms with van der Waals surface area (Å²) in [6, 6.07) is -0.0644. The zero-order valence-electron chi connectivity index (χ0n) is 11.3. The molecule has 19 heavy (non-hydrogen) atoms.